The van der Waals surface area contributed by atoms with Crippen LogP contribution in [0.15, 0.2) is 40.3 Å². The van der Waals surface area contributed by atoms with E-state index in [-0.39, 0.29) is 17.6 Å². The largest absolute Gasteiger partial charge is 0.459 e. The first-order chi connectivity index (χ1) is 10.7. The minimum atomic E-state index is -0.283. The second-order valence-corrected chi connectivity index (χ2v) is 6.35. The van der Waals surface area contributed by atoms with Gasteiger partial charge in [-0.3, -0.25) is 9.59 Å². The van der Waals surface area contributed by atoms with Gasteiger partial charge in [0.2, 0.25) is 5.91 Å². The number of thiophene rings is 1. The predicted octanol–water partition coefficient (Wildman–Crippen LogP) is 2.65. The van der Waals surface area contributed by atoms with Crippen molar-refractivity contribution in [3.8, 4) is 0 Å². The summed E-state index contributed by atoms with van der Waals surface area (Å²) in [4.78, 5) is 27.2. The summed E-state index contributed by atoms with van der Waals surface area (Å²) < 4.78 is 5.01. The molecular weight excluding hydrogens is 300 g/mol. The van der Waals surface area contributed by atoms with E-state index in [9.17, 15) is 9.59 Å². The molecule has 2 amide bonds. The normalized spacial score (nSPS) is 13.8. The van der Waals surface area contributed by atoms with Gasteiger partial charge in [-0.25, -0.2) is 0 Å². The molecular formula is C16H18N2O3S. The molecule has 0 aliphatic heterocycles. The van der Waals surface area contributed by atoms with Crippen LogP contribution in [0.5, 0.6) is 0 Å². The Morgan fingerprint density at radius 1 is 1.32 bits per heavy atom. The molecule has 0 aromatic carbocycles. The molecule has 2 aromatic heterocycles. The van der Waals surface area contributed by atoms with E-state index in [1.807, 2.05) is 22.4 Å². The molecule has 0 spiro atoms. The quantitative estimate of drug-likeness (QED) is 0.853. The van der Waals surface area contributed by atoms with Crippen LogP contribution in [-0.4, -0.2) is 29.3 Å². The van der Waals surface area contributed by atoms with E-state index in [2.05, 4.69) is 5.32 Å². The number of carbonyl (C=O) groups is 2. The average molecular weight is 318 g/mol. The van der Waals surface area contributed by atoms with E-state index in [4.69, 9.17) is 4.42 Å². The van der Waals surface area contributed by atoms with E-state index in [1.54, 1.807) is 23.5 Å². The Bertz CT molecular complexity index is 618. The standard InChI is InChI=1S/C16H18N2O3S/c19-15(7-8-17-16(20)14-4-1-9-21-14)18(12-5-6-12)11-13-3-2-10-22-13/h1-4,9-10,12H,5-8,11H2,(H,17,20). The van der Waals surface area contributed by atoms with Crippen LogP contribution in [0.25, 0.3) is 0 Å². The molecule has 3 rings (SSSR count). The van der Waals surface area contributed by atoms with Crippen molar-refractivity contribution in [2.45, 2.75) is 31.8 Å². The number of nitrogens with zero attached hydrogens (tertiary/aromatic N) is 1. The van der Waals surface area contributed by atoms with Crippen molar-refractivity contribution in [3.63, 3.8) is 0 Å². The maximum atomic E-state index is 12.4. The first kappa shape index (κ1) is 14.8. The highest BCUT2D eigenvalue weighted by molar-refractivity contribution is 7.09. The van der Waals surface area contributed by atoms with Gasteiger partial charge in [0.15, 0.2) is 5.76 Å². The molecule has 2 aromatic rings. The Hall–Kier alpha value is -2.08. The number of carbonyl (C=O) groups excluding carboxylic acids is 2. The van der Waals surface area contributed by atoms with E-state index in [0.717, 1.165) is 12.8 Å². The van der Waals surface area contributed by atoms with E-state index in [1.165, 1.54) is 11.1 Å². The smallest absolute Gasteiger partial charge is 0.286 e. The van der Waals surface area contributed by atoms with Crippen LogP contribution in [0.4, 0.5) is 0 Å². The number of rotatable bonds is 7. The third-order valence-corrected chi connectivity index (χ3v) is 4.44. The van der Waals surface area contributed by atoms with Gasteiger partial charge in [0.1, 0.15) is 0 Å². The first-order valence-corrected chi connectivity index (χ1v) is 8.25. The lowest BCUT2D eigenvalue weighted by molar-refractivity contribution is -0.132. The second-order valence-electron chi connectivity index (χ2n) is 5.32. The number of hydrogen-bond donors (Lipinski definition) is 1. The highest BCUT2D eigenvalue weighted by atomic mass is 32.1. The molecule has 0 unspecified atom stereocenters. The number of hydrogen-bond acceptors (Lipinski definition) is 4. The Kier molecular flexibility index (Phi) is 4.58. The third-order valence-electron chi connectivity index (χ3n) is 3.58. The van der Waals surface area contributed by atoms with E-state index >= 15 is 0 Å². The lowest BCUT2D eigenvalue weighted by Crippen LogP contribution is -2.35. The van der Waals surface area contributed by atoms with Crippen molar-refractivity contribution in [2.24, 2.45) is 0 Å². The van der Waals surface area contributed by atoms with Gasteiger partial charge in [-0.15, -0.1) is 11.3 Å². The van der Waals surface area contributed by atoms with Crippen LogP contribution in [0.1, 0.15) is 34.7 Å². The van der Waals surface area contributed by atoms with Crippen LogP contribution in [0.3, 0.4) is 0 Å². The lowest BCUT2D eigenvalue weighted by Gasteiger charge is -2.21. The molecule has 0 bridgehead atoms. The molecule has 0 saturated heterocycles. The van der Waals surface area contributed by atoms with E-state index < -0.39 is 0 Å². The molecule has 1 aliphatic carbocycles. The topological polar surface area (TPSA) is 62.6 Å². The van der Waals surface area contributed by atoms with Crippen molar-refractivity contribution in [1.82, 2.24) is 10.2 Å². The first-order valence-electron chi connectivity index (χ1n) is 7.37. The summed E-state index contributed by atoms with van der Waals surface area (Å²) in [6.45, 7) is 0.999. The molecule has 6 heteroatoms. The van der Waals surface area contributed by atoms with Gasteiger partial charge in [0.05, 0.1) is 12.8 Å². The summed E-state index contributed by atoms with van der Waals surface area (Å²) in [5.74, 6) is 0.0785. The molecule has 0 radical (unpaired) electrons. The average Bonchev–Trinajstić information content (AvgIpc) is 3.02. The summed E-state index contributed by atoms with van der Waals surface area (Å²) in [5.41, 5.74) is 0. The highest BCUT2D eigenvalue weighted by Crippen LogP contribution is 2.29. The van der Waals surface area contributed by atoms with Gasteiger partial charge in [-0.1, -0.05) is 6.07 Å². The minimum Gasteiger partial charge on any atom is -0.459 e. The number of furan rings is 1. The number of amides is 2. The van der Waals surface area contributed by atoms with Crippen molar-refractivity contribution >= 4 is 23.2 Å². The molecule has 1 fully saturated rings. The Morgan fingerprint density at radius 3 is 2.82 bits per heavy atom. The molecule has 5 nitrogen and oxygen atoms in total. The molecule has 22 heavy (non-hydrogen) atoms. The highest BCUT2D eigenvalue weighted by Gasteiger charge is 2.32. The molecule has 0 atom stereocenters. The maximum absolute atomic E-state index is 12.4. The van der Waals surface area contributed by atoms with Crippen LogP contribution in [0.2, 0.25) is 0 Å². The van der Waals surface area contributed by atoms with E-state index in [0.29, 0.717) is 25.6 Å². The fraction of sp³-hybridized carbons (Fsp3) is 0.375. The zero-order chi connectivity index (χ0) is 15.4. The second kappa shape index (κ2) is 6.79. The van der Waals surface area contributed by atoms with Gasteiger partial charge < -0.3 is 14.6 Å². The van der Waals surface area contributed by atoms with Gasteiger partial charge in [0, 0.05) is 23.9 Å². The van der Waals surface area contributed by atoms with Crippen molar-refractivity contribution in [1.29, 1.82) is 0 Å². The van der Waals surface area contributed by atoms with Gasteiger partial charge in [0.25, 0.3) is 5.91 Å². The molecule has 2 heterocycles. The van der Waals surface area contributed by atoms with Crippen LogP contribution in [0, 0.1) is 0 Å². The van der Waals surface area contributed by atoms with Crippen LogP contribution in [-0.2, 0) is 11.3 Å². The monoisotopic (exact) mass is 318 g/mol. The Morgan fingerprint density at radius 2 is 2.18 bits per heavy atom. The summed E-state index contributed by atoms with van der Waals surface area (Å²) in [6.07, 6.45) is 3.93. The zero-order valence-corrected chi connectivity index (χ0v) is 13.0. The zero-order valence-electron chi connectivity index (χ0n) is 12.2. The lowest BCUT2D eigenvalue weighted by atomic mass is 10.3. The fourth-order valence-corrected chi connectivity index (χ4v) is 3.00. The third kappa shape index (κ3) is 3.76. The minimum absolute atomic E-state index is 0.0932. The maximum Gasteiger partial charge on any atom is 0.286 e. The number of nitrogens with one attached hydrogen (secondary N) is 1. The summed E-state index contributed by atoms with van der Waals surface area (Å²) in [6, 6.07) is 7.68. The van der Waals surface area contributed by atoms with Gasteiger partial charge >= 0.3 is 0 Å². The predicted molar refractivity (Wildman–Crippen MR) is 83.5 cm³/mol. The fourth-order valence-electron chi connectivity index (χ4n) is 2.30. The Balaban J connectivity index is 1.48. The van der Waals surface area contributed by atoms with Crippen LogP contribution < -0.4 is 5.32 Å². The van der Waals surface area contributed by atoms with Crippen molar-refractivity contribution < 1.29 is 14.0 Å². The van der Waals surface area contributed by atoms with Gasteiger partial charge in [-0.05, 0) is 36.4 Å². The molecule has 1 aliphatic rings. The SMILES string of the molecule is O=C(NCCC(=O)N(Cc1cccs1)C1CC1)c1ccco1. The molecule has 116 valence electrons. The van der Waals surface area contributed by atoms with Gasteiger partial charge in [-0.2, -0.15) is 0 Å². The van der Waals surface area contributed by atoms with Crippen molar-refractivity contribution in [3.05, 3.63) is 46.5 Å². The molecule has 1 N–H and O–H groups in total. The summed E-state index contributed by atoms with van der Waals surface area (Å²) in [7, 11) is 0. The summed E-state index contributed by atoms with van der Waals surface area (Å²) >= 11 is 1.66. The summed E-state index contributed by atoms with van der Waals surface area (Å²) in [5, 5.41) is 4.73. The van der Waals surface area contributed by atoms with Crippen LogP contribution >= 0.6 is 11.3 Å². The Labute approximate surface area is 132 Å². The van der Waals surface area contributed by atoms with Crippen molar-refractivity contribution in [2.75, 3.05) is 6.54 Å². The molecule has 1 saturated carbocycles.